The highest BCUT2D eigenvalue weighted by Crippen LogP contribution is 2.32. The van der Waals surface area contributed by atoms with Gasteiger partial charge in [0, 0.05) is 12.5 Å². The molecule has 0 spiro atoms. The zero-order chi connectivity index (χ0) is 27.1. The number of amides is 2. The van der Waals surface area contributed by atoms with Crippen LogP contribution in [0.1, 0.15) is 41.4 Å². The molecule has 0 saturated heterocycles. The Morgan fingerprint density at radius 1 is 1.00 bits per heavy atom. The summed E-state index contributed by atoms with van der Waals surface area (Å²) in [6.45, 7) is 2.49. The van der Waals surface area contributed by atoms with Crippen LogP contribution in [0.5, 0.6) is 0 Å². The number of anilines is 1. The van der Waals surface area contributed by atoms with Crippen LogP contribution in [-0.4, -0.2) is 26.4 Å². The fraction of sp³-hybridized carbons (Fsp3) is 0.167. The average molecular weight is 521 g/mol. The van der Waals surface area contributed by atoms with Crippen molar-refractivity contribution in [3.63, 3.8) is 0 Å². The van der Waals surface area contributed by atoms with Crippen LogP contribution < -0.4 is 10.6 Å². The summed E-state index contributed by atoms with van der Waals surface area (Å²) >= 11 is 0. The molecule has 1 unspecified atom stereocenters. The number of hydrogen-bond donors (Lipinski definition) is 2. The molecule has 0 aliphatic carbocycles. The minimum Gasteiger partial charge on any atom is -0.345 e. The number of carbonyl (C=O) groups excluding carboxylic acids is 2. The van der Waals surface area contributed by atoms with E-state index in [1.807, 2.05) is 0 Å². The summed E-state index contributed by atoms with van der Waals surface area (Å²) in [5.74, 6) is -4.68. The third-order valence-electron chi connectivity index (χ3n) is 5.35. The van der Waals surface area contributed by atoms with E-state index >= 15 is 4.39 Å². The lowest BCUT2D eigenvalue weighted by Gasteiger charge is -2.18. The molecule has 2 aromatic carbocycles. The second-order valence-electron chi connectivity index (χ2n) is 8.04. The van der Waals surface area contributed by atoms with Crippen LogP contribution in [0.25, 0.3) is 16.9 Å². The highest BCUT2D eigenvalue weighted by atomic mass is 19.4. The van der Waals surface area contributed by atoms with Crippen LogP contribution in [0.2, 0.25) is 0 Å². The third kappa shape index (κ3) is 5.25. The van der Waals surface area contributed by atoms with Crippen LogP contribution >= 0.6 is 0 Å². The summed E-state index contributed by atoms with van der Waals surface area (Å²) in [6, 6.07) is 4.76. The number of nitrogens with one attached hydrogen (secondary N) is 2. The molecule has 0 aliphatic heterocycles. The van der Waals surface area contributed by atoms with E-state index in [1.54, 1.807) is 0 Å². The second-order valence-corrected chi connectivity index (χ2v) is 8.04. The van der Waals surface area contributed by atoms with E-state index in [4.69, 9.17) is 0 Å². The highest BCUT2D eigenvalue weighted by Gasteiger charge is 2.32. The van der Waals surface area contributed by atoms with Gasteiger partial charge in [-0.15, -0.1) is 0 Å². The molecule has 4 rings (SSSR count). The first-order valence-corrected chi connectivity index (χ1v) is 10.6. The van der Waals surface area contributed by atoms with Crippen LogP contribution in [0.15, 0.2) is 48.7 Å². The van der Waals surface area contributed by atoms with Crippen LogP contribution in [0, 0.1) is 17.5 Å². The molecule has 4 aromatic rings. The van der Waals surface area contributed by atoms with Crippen molar-refractivity contribution in [3.8, 4) is 11.3 Å². The van der Waals surface area contributed by atoms with Gasteiger partial charge >= 0.3 is 6.18 Å². The fourth-order valence-corrected chi connectivity index (χ4v) is 3.62. The van der Waals surface area contributed by atoms with Crippen molar-refractivity contribution < 1.29 is 35.9 Å². The van der Waals surface area contributed by atoms with Crippen molar-refractivity contribution in [2.45, 2.75) is 26.1 Å². The number of imidazole rings is 1. The van der Waals surface area contributed by atoms with Gasteiger partial charge in [-0.1, -0.05) is 0 Å². The Labute approximate surface area is 205 Å². The van der Waals surface area contributed by atoms with Crippen LogP contribution in [0.3, 0.4) is 0 Å². The summed E-state index contributed by atoms with van der Waals surface area (Å²) in [4.78, 5) is 28.1. The second kappa shape index (κ2) is 9.56. The number of hydrogen-bond acceptors (Lipinski definition) is 4. The molecular weight excluding hydrogens is 504 g/mol. The first-order valence-electron chi connectivity index (χ1n) is 10.6. The lowest BCUT2D eigenvalue weighted by molar-refractivity contribution is -0.137. The summed E-state index contributed by atoms with van der Waals surface area (Å²) in [7, 11) is 0. The van der Waals surface area contributed by atoms with Gasteiger partial charge in [-0.05, 0) is 49.4 Å². The molecule has 192 valence electrons. The summed E-state index contributed by atoms with van der Waals surface area (Å²) in [5, 5.41) is 8.77. The molecule has 2 aromatic heterocycles. The van der Waals surface area contributed by atoms with Gasteiger partial charge < -0.3 is 10.6 Å². The molecule has 0 radical (unpaired) electrons. The summed E-state index contributed by atoms with van der Waals surface area (Å²) in [6.07, 6.45) is -3.42. The molecule has 1 atom stereocenters. The van der Waals surface area contributed by atoms with Gasteiger partial charge in [0.25, 0.3) is 5.91 Å². The number of aromatic nitrogens is 3. The van der Waals surface area contributed by atoms with Crippen molar-refractivity contribution in [1.82, 2.24) is 19.9 Å². The number of halogens is 6. The topological polar surface area (TPSA) is 88.4 Å². The fourth-order valence-electron chi connectivity index (χ4n) is 3.62. The average Bonchev–Trinajstić information content (AvgIpc) is 3.19. The highest BCUT2D eigenvalue weighted by molar-refractivity contribution is 5.96. The van der Waals surface area contributed by atoms with Crippen molar-refractivity contribution >= 4 is 23.3 Å². The van der Waals surface area contributed by atoms with E-state index in [1.165, 1.54) is 36.7 Å². The zero-order valence-corrected chi connectivity index (χ0v) is 19.1. The van der Waals surface area contributed by atoms with Gasteiger partial charge in [0.1, 0.15) is 17.5 Å². The molecule has 37 heavy (non-hydrogen) atoms. The Hall–Kier alpha value is -4.42. The van der Waals surface area contributed by atoms with Gasteiger partial charge in [-0.3, -0.25) is 9.59 Å². The van der Waals surface area contributed by atoms with E-state index in [0.717, 1.165) is 12.1 Å². The van der Waals surface area contributed by atoms with Gasteiger partial charge in [-0.2, -0.15) is 18.3 Å². The number of rotatable bonds is 5. The Bertz CT molecular complexity index is 1530. The SMILES string of the molecule is CC(=O)Nc1cn2nc(-c3c(F)ccc(C(=O)NC(C)c4cc(C(F)(F)F)ccc4F)c3F)ccc2n1. The van der Waals surface area contributed by atoms with Gasteiger partial charge in [0.15, 0.2) is 11.5 Å². The van der Waals surface area contributed by atoms with Crippen LogP contribution in [-0.2, 0) is 11.0 Å². The summed E-state index contributed by atoms with van der Waals surface area (Å²) in [5.41, 5.74) is -2.82. The van der Waals surface area contributed by atoms with E-state index in [0.29, 0.717) is 18.2 Å². The van der Waals surface area contributed by atoms with Gasteiger partial charge in [0.05, 0.1) is 34.6 Å². The molecule has 0 bridgehead atoms. The number of fused-ring (bicyclic) bond motifs is 1. The maximum absolute atomic E-state index is 15.4. The van der Waals surface area contributed by atoms with Crippen molar-refractivity contribution in [2.75, 3.05) is 5.32 Å². The van der Waals surface area contributed by atoms with E-state index < -0.39 is 63.7 Å². The number of alkyl halides is 3. The number of benzene rings is 2. The standard InChI is InChI=1S/C24H17F6N5O2/c1-11(15-9-13(24(28,29)30)3-5-16(15)25)31-23(37)14-4-6-17(26)21(22(14)27)18-7-8-20-33-19(32-12(2)36)10-35(20)34-18/h3-11H,1-2H3,(H,31,37)(H,32,36). The first-order chi connectivity index (χ1) is 17.3. The lowest BCUT2D eigenvalue weighted by Crippen LogP contribution is -2.28. The number of nitrogens with zero attached hydrogens (tertiary/aromatic N) is 3. The zero-order valence-electron chi connectivity index (χ0n) is 19.1. The molecule has 0 aliphatic rings. The monoisotopic (exact) mass is 521 g/mol. The van der Waals surface area contributed by atoms with Crippen molar-refractivity contribution in [1.29, 1.82) is 0 Å². The largest absolute Gasteiger partial charge is 0.416 e. The summed E-state index contributed by atoms with van der Waals surface area (Å²) < 4.78 is 84.4. The molecular formula is C24H17F6N5O2. The minimum atomic E-state index is -4.74. The molecule has 0 saturated carbocycles. The Morgan fingerprint density at radius 2 is 1.70 bits per heavy atom. The number of carbonyl (C=O) groups is 2. The quantitative estimate of drug-likeness (QED) is 0.350. The minimum absolute atomic E-state index is 0.155. The molecule has 2 N–H and O–H groups in total. The lowest BCUT2D eigenvalue weighted by atomic mass is 10.0. The van der Waals surface area contributed by atoms with E-state index in [9.17, 15) is 31.5 Å². The van der Waals surface area contributed by atoms with E-state index in [-0.39, 0.29) is 17.2 Å². The predicted octanol–water partition coefficient (Wildman–Crippen LogP) is 5.28. The molecule has 0 fully saturated rings. The van der Waals surface area contributed by atoms with Gasteiger partial charge in [0.2, 0.25) is 5.91 Å². The molecule has 13 heteroatoms. The Balaban J connectivity index is 1.65. The van der Waals surface area contributed by atoms with E-state index in [2.05, 4.69) is 20.7 Å². The smallest absolute Gasteiger partial charge is 0.345 e. The van der Waals surface area contributed by atoms with Crippen LogP contribution in [0.4, 0.5) is 32.2 Å². The molecule has 7 nitrogen and oxygen atoms in total. The maximum atomic E-state index is 15.4. The predicted molar refractivity (Wildman–Crippen MR) is 120 cm³/mol. The normalized spacial score (nSPS) is 12.4. The van der Waals surface area contributed by atoms with Gasteiger partial charge in [-0.25, -0.2) is 22.7 Å². The maximum Gasteiger partial charge on any atom is 0.416 e. The Kier molecular flexibility index (Phi) is 6.63. The molecule has 2 amide bonds. The third-order valence-corrected chi connectivity index (χ3v) is 5.35. The Morgan fingerprint density at radius 3 is 2.38 bits per heavy atom. The molecule has 2 heterocycles. The van der Waals surface area contributed by atoms with Crippen molar-refractivity contribution in [2.24, 2.45) is 0 Å². The van der Waals surface area contributed by atoms with Crippen molar-refractivity contribution in [3.05, 3.63) is 82.8 Å². The first kappa shape index (κ1) is 25.7.